The Kier molecular flexibility index (Phi) is 5.35. The van der Waals surface area contributed by atoms with Gasteiger partial charge in [-0.25, -0.2) is 8.42 Å². The Morgan fingerprint density at radius 1 is 1.47 bits per heavy atom. The Balaban J connectivity index is 2.82. The molecule has 1 amide bonds. The molecule has 100 valence electrons. The number of nitrogens with zero attached hydrogens (tertiary/aromatic N) is 1. The van der Waals surface area contributed by atoms with Gasteiger partial charge < -0.3 is 10.1 Å². The molecule has 0 aromatic heterocycles. The average Bonchev–Trinajstić information content (AvgIpc) is 2.29. The Hall–Kier alpha value is -0.660. The van der Waals surface area contributed by atoms with Crippen LogP contribution in [0.2, 0.25) is 0 Å². The lowest BCUT2D eigenvalue weighted by Crippen LogP contribution is -2.56. The van der Waals surface area contributed by atoms with Crippen LogP contribution in [0.15, 0.2) is 0 Å². The normalized spacial score (nSPS) is 22.4. The number of rotatable bonds is 5. The Morgan fingerprint density at radius 2 is 2.18 bits per heavy atom. The smallest absolute Gasteiger partial charge is 0.240 e. The van der Waals surface area contributed by atoms with Crippen LogP contribution in [-0.4, -0.2) is 56.7 Å². The van der Waals surface area contributed by atoms with Gasteiger partial charge in [0.05, 0.1) is 19.0 Å². The van der Waals surface area contributed by atoms with Crippen molar-refractivity contribution in [2.75, 3.05) is 32.1 Å². The second-order valence-electron chi connectivity index (χ2n) is 3.91. The van der Waals surface area contributed by atoms with Crippen LogP contribution in [0.5, 0.6) is 0 Å². The predicted octanol–water partition coefficient (Wildman–Crippen LogP) is -0.437. The molecule has 1 atom stereocenters. The van der Waals surface area contributed by atoms with Crippen molar-refractivity contribution in [2.24, 2.45) is 0 Å². The van der Waals surface area contributed by atoms with Crippen molar-refractivity contribution in [1.29, 1.82) is 0 Å². The Bertz CT molecular complexity index is 355. The summed E-state index contributed by atoms with van der Waals surface area (Å²) >= 11 is 0. The molecule has 17 heavy (non-hydrogen) atoms. The number of likely N-dealkylation sites (N-methyl/N-ethyl adjacent to an activating group) is 1. The van der Waals surface area contributed by atoms with Crippen molar-refractivity contribution in [3.05, 3.63) is 0 Å². The van der Waals surface area contributed by atoms with E-state index in [2.05, 4.69) is 5.32 Å². The summed E-state index contributed by atoms with van der Waals surface area (Å²) < 4.78 is 30.4. The number of carbonyl (C=O) groups excluding carboxylic acids is 1. The number of hydrogen-bond acceptors (Lipinski definition) is 4. The molecule has 1 heterocycles. The van der Waals surface area contributed by atoms with Gasteiger partial charge >= 0.3 is 0 Å². The largest absolute Gasteiger partial charge is 0.378 e. The zero-order valence-electron chi connectivity index (χ0n) is 10.3. The lowest BCUT2D eigenvalue weighted by Gasteiger charge is -2.33. The third-order valence-corrected chi connectivity index (χ3v) is 4.63. The van der Waals surface area contributed by atoms with Crippen LogP contribution in [-0.2, 0) is 19.6 Å². The number of hydrogen-bond donors (Lipinski definition) is 1. The van der Waals surface area contributed by atoms with E-state index in [4.69, 9.17) is 4.74 Å². The third kappa shape index (κ3) is 3.65. The summed E-state index contributed by atoms with van der Waals surface area (Å²) in [6, 6.07) is -0.722. The molecule has 1 N–H and O–H groups in total. The monoisotopic (exact) mass is 264 g/mol. The molecule has 0 radical (unpaired) electrons. The van der Waals surface area contributed by atoms with Gasteiger partial charge in [-0.1, -0.05) is 6.92 Å². The number of sulfonamides is 1. The fourth-order valence-corrected chi connectivity index (χ4v) is 3.44. The van der Waals surface area contributed by atoms with Crippen LogP contribution < -0.4 is 5.32 Å². The van der Waals surface area contributed by atoms with Crippen LogP contribution >= 0.6 is 0 Å². The molecule has 0 spiro atoms. The molecule has 0 bridgehead atoms. The molecular formula is C10H20N2O4S. The van der Waals surface area contributed by atoms with E-state index in [1.165, 1.54) is 4.31 Å². The number of amides is 1. The van der Waals surface area contributed by atoms with E-state index < -0.39 is 16.1 Å². The highest BCUT2D eigenvalue weighted by molar-refractivity contribution is 7.89. The van der Waals surface area contributed by atoms with Crippen LogP contribution in [0.25, 0.3) is 0 Å². The lowest BCUT2D eigenvalue weighted by atomic mass is 10.2. The molecule has 0 aromatic rings. The molecule has 0 saturated carbocycles. The van der Waals surface area contributed by atoms with Crippen LogP contribution in [0.3, 0.4) is 0 Å². The minimum atomic E-state index is -3.35. The molecular weight excluding hydrogens is 244 g/mol. The summed E-state index contributed by atoms with van der Waals surface area (Å²) in [6.45, 7) is 4.82. The van der Waals surface area contributed by atoms with Crippen LogP contribution in [0, 0.1) is 0 Å². The van der Waals surface area contributed by atoms with Gasteiger partial charge in [0, 0.05) is 13.1 Å². The highest BCUT2D eigenvalue weighted by Gasteiger charge is 2.36. The molecule has 1 fully saturated rings. The summed E-state index contributed by atoms with van der Waals surface area (Å²) in [5.74, 6) is -0.213. The molecule has 6 nitrogen and oxygen atoms in total. The van der Waals surface area contributed by atoms with E-state index in [9.17, 15) is 13.2 Å². The molecule has 1 rings (SSSR count). The van der Waals surface area contributed by atoms with Gasteiger partial charge in [0.25, 0.3) is 0 Å². The van der Waals surface area contributed by atoms with Crippen LogP contribution in [0.4, 0.5) is 0 Å². The minimum Gasteiger partial charge on any atom is -0.378 e. The van der Waals surface area contributed by atoms with E-state index >= 15 is 0 Å². The van der Waals surface area contributed by atoms with Gasteiger partial charge in [-0.15, -0.1) is 0 Å². The summed E-state index contributed by atoms with van der Waals surface area (Å²) in [4.78, 5) is 11.8. The first-order chi connectivity index (χ1) is 8.03. The standard InChI is InChI=1S/C10H20N2O4S/c1-3-7-17(14,15)12-5-6-16-8-9(12)10(13)11-4-2/h9H,3-8H2,1-2H3,(H,11,13). The van der Waals surface area contributed by atoms with Crippen molar-refractivity contribution in [3.8, 4) is 0 Å². The number of ether oxygens (including phenoxy) is 1. The summed E-state index contributed by atoms with van der Waals surface area (Å²) in [5.41, 5.74) is 0. The summed E-state index contributed by atoms with van der Waals surface area (Å²) in [6.07, 6.45) is 0.543. The van der Waals surface area contributed by atoms with Crippen molar-refractivity contribution in [2.45, 2.75) is 26.3 Å². The zero-order chi connectivity index (χ0) is 12.9. The van der Waals surface area contributed by atoms with Crippen molar-refractivity contribution < 1.29 is 17.9 Å². The molecule has 1 aliphatic heterocycles. The third-order valence-electron chi connectivity index (χ3n) is 2.55. The molecule has 1 saturated heterocycles. The van der Waals surface area contributed by atoms with Gasteiger partial charge in [-0.3, -0.25) is 4.79 Å². The maximum absolute atomic E-state index is 12.0. The number of carbonyl (C=O) groups is 1. The van der Waals surface area contributed by atoms with Crippen molar-refractivity contribution in [3.63, 3.8) is 0 Å². The average molecular weight is 264 g/mol. The Morgan fingerprint density at radius 3 is 2.76 bits per heavy atom. The number of morpholine rings is 1. The Labute approximate surface area is 102 Å². The molecule has 1 aliphatic rings. The van der Waals surface area contributed by atoms with Gasteiger partial charge in [-0.05, 0) is 13.3 Å². The first kappa shape index (κ1) is 14.4. The summed E-state index contributed by atoms with van der Waals surface area (Å²) in [5, 5.41) is 2.63. The SMILES string of the molecule is CCCS(=O)(=O)N1CCOCC1C(=O)NCC. The highest BCUT2D eigenvalue weighted by atomic mass is 32.2. The first-order valence-corrected chi connectivity index (χ1v) is 7.48. The van der Waals surface area contributed by atoms with Crippen molar-refractivity contribution >= 4 is 15.9 Å². The van der Waals surface area contributed by atoms with E-state index in [0.29, 0.717) is 19.6 Å². The highest BCUT2D eigenvalue weighted by Crippen LogP contribution is 2.14. The quantitative estimate of drug-likeness (QED) is 0.730. The maximum Gasteiger partial charge on any atom is 0.240 e. The van der Waals surface area contributed by atoms with Gasteiger partial charge in [0.2, 0.25) is 15.9 Å². The topological polar surface area (TPSA) is 75.7 Å². The maximum atomic E-state index is 12.0. The van der Waals surface area contributed by atoms with E-state index in [1.807, 2.05) is 0 Å². The first-order valence-electron chi connectivity index (χ1n) is 5.88. The number of nitrogens with one attached hydrogen (secondary N) is 1. The van der Waals surface area contributed by atoms with E-state index in [1.54, 1.807) is 13.8 Å². The summed E-state index contributed by atoms with van der Waals surface area (Å²) in [7, 11) is -3.35. The van der Waals surface area contributed by atoms with Gasteiger partial charge in [0.1, 0.15) is 6.04 Å². The fourth-order valence-electron chi connectivity index (χ4n) is 1.80. The molecule has 0 aromatic carbocycles. The van der Waals surface area contributed by atoms with E-state index in [-0.39, 0.29) is 24.8 Å². The van der Waals surface area contributed by atoms with E-state index in [0.717, 1.165) is 0 Å². The second kappa shape index (κ2) is 6.32. The van der Waals surface area contributed by atoms with Gasteiger partial charge in [0.15, 0.2) is 0 Å². The lowest BCUT2D eigenvalue weighted by molar-refractivity contribution is -0.129. The van der Waals surface area contributed by atoms with Crippen molar-refractivity contribution in [1.82, 2.24) is 9.62 Å². The second-order valence-corrected chi connectivity index (χ2v) is 5.95. The van der Waals surface area contributed by atoms with Crippen LogP contribution in [0.1, 0.15) is 20.3 Å². The molecule has 1 unspecified atom stereocenters. The minimum absolute atomic E-state index is 0.0723. The molecule has 7 heteroatoms. The van der Waals surface area contributed by atoms with Gasteiger partial charge in [-0.2, -0.15) is 4.31 Å². The zero-order valence-corrected chi connectivity index (χ0v) is 11.1. The predicted molar refractivity (Wildman–Crippen MR) is 64.1 cm³/mol. The molecule has 0 aliphatic carbocycles. The fraction of sp³-hybridized carbons (Fsp3) is 0.900.